The number of anilines is 1. The van der Waals surface area contributed by atoms with Gasteiger partial charge in [-0.1, -0.05) is 11.6 Å². The van der Waals surface area contributed by atoms with E-state index in [0.717, 1.165) is 18.5 Å². The van der Waals surface area contributed by atoms with Crippen LogP contribution in [0.3, 0.4) is 0 Å². The smallest absolute Gasteiger partial charge is 0.341 e. The van der Waals surface area contributed by atoms with Gasteiger partial charge in [-0.25, -0.2) is 18.6 Å². The Kier molecular flexibility index (Phi) is 4.45. The first-order valence-electron chi connectivity index (χ1n) is 7.83. The number of aromatic nitrogens is 1. The van der Waals surface area contributed by atoms with Gasteiger partial charge in [-0.15, -0.1) is 0 Å². The van der Waals surface area contributed by atoms with Crippen LogP contribution in [0.4, 0.5) is 14.6 Å². The van der Waals surface area contributed by atoms with Crippen LogP contribution in [-0.4, -0.2) is 37.1 Å². The Bertz CT molecular complexity index is 620. The summed E-state index contributed by atoms with van der Waals surface area (Å²) < 4.78 is 32.0. The molecule has 4 nitrogen and oxygen atoms in total. The lowest BCUT2D eigenvalue weighted by Crippen LogP contribution is -2.29. The molecule has 0 amide bonds. The van der Waals surface area contributed by atoms with Gasteiger partial charge in [0.2, 0.25) is 5.92 Å². The van der Waals surface area contributed by atoms with E-state index < -0.39 is 11.9 Å². The van der Waals surface area contributed by atoms with Gasteiger partial charge in [-0.2, -0.15) is 0 Å². The predicted molar refractivity (Wildman–Crippen MR) is 83.6 cm³/mol. The highest BCUT2D eigenvalue weighted by atomic mass is 35.5. The average molecular weight is 345 g/mol. The van der Waals surface area contributed by atoms with Gasteiger partial charge in [0.15, 0.2) is 0 Å². The summed E-state index contributed by atoms with van der Waals surface area (Å²) in [7, 11) is 1.28. The number of pyridine rings is 1. The maximum Gasteiger partial charge on any atom is 0.341 e. The number of halogens is 3. The molecule has 2 aliphatic rings. The molecule has 7 heteroatoms. The number of alkyl halides is 2. The highest BCUT2D eigenvalue weighted by Crippen LogP contribution is 2.44. The lowest BCUT2D eigenvalue weighted by molar-refractivity contribution is -0.0102. The molecule has 23 heavy (non-hydrogen) atoms. The van der Waals surface area contributed by atoms with Crippen molar-refractivity contribution in [3.63, 3.8) is 0 Å². The topological polar surface area (TPSA) is 42.4 Å². The van der Waals surface area contributed by atoms with Crippen molar-refractivity contribution in [3.05, 3.63) is 22.3 Å². The summed E-state index contributed by atoms with van der Waals surface area (Å²) in [5.74, 6) is -2.48. The van der Waals surface area contributed by atoms with Gasteiger partial charge in [0, 0.05) is 31.8 Å². The van der Waals surface area contributed by atoms with Crippen molar-refractivity contribution in [2.75, 3.05) is 25.1 Å². The van der Waals surface area contributed by atoms with Gasteiger partial charge in [0.05, 0.1) is 17.8 Å². The van der Waals surface area contributed by atoms with Crippen LogP contribution in [0, 0.1) is 0 Å². The summed E-state index contributed by atoms with van der Waals surface area (Å²) >= 11 is 6.25. The third-order valence-electron chi connectivity index (χ3n) is 4.37. The Hall–Kier alpha value is -1.43. The normalized spacial score (nSPS) is 21.0. The first kappa shape index (κ1) is 16.4. The van der Waals surface area contributed by atoms with Gasteiger partial charge < -0.3 is 9.64 Å². The van der Waals surface area contributed by atoms with E-state index in [2.05, 4.69) is 4.98 Å². The number of carbonyl (C=O) groups is 1. The summed E-state index contributed by atoms with van der Waals surface area (Å²) in [6.45, 7) is 0.605. The van der Waals surface area contributed by atoms with Crippen LogP contribution in [0.5, 0.6) is 0 Å². The molecule has 1 saturated heterocycles. The monoisotopic (exact) mass is 344 g/mol. The minimum atomic E-state index is -2.66. The van der Waals surface area contributed by atoms with Crippen molar-refractivity contribution >= 4 is 23.4 Å². The molecule has 0 unspecified atom stereocenters. The van der Waals surface area contributed by atoms with E-state index in [4.69, 9.17) is 16.3 Å². The van der Waals surface area contributed by atoms with Crippen molar-refractivity contribution in [2.45, 2.75) is 43.9 Å². The molecule has 1 aromatic rings. The van der Waals surface area contributed by atoms with E-state index in [0.29, 0.717) is 29.7 Å². The summed E-state index contributed by atoms with van der Waals surface area (Å²) in [4.78, 5) is 18.4. The number of methoxy groups -OCH3 is 1. The van der Waals surface area contributed by atoms with Gasteiger partial charge in [0.1, 0.15) is 11.4 Å². The van der Waals surface area contributed by atoms with E-state index in [1.807, 2.05) is 0 Å². The minimum Gasteiger partial charge on any atom is -0.465 e. The Balaban J connectivity index is 1.98. The van der Waals surface area contributed by atoms with Crippen molar-refractivity contribution in [1.29, 1.82) is 0 Å². The molecule has 3 rings (SSSR count). The standard InChI is InChI=1S/C16H19ClF2N2O2/c1-23-15(22)11-9-12(17)13(10-3-4-10)20-14(11)21-7-2-5-16(18,19)6-8-21/h9-10H,2-8H2,1H3. The molecular weight excluding hydrogens is 326 g/mol. The molecule has 2 fully saturated rings. The van der Waals surface area contributed by atoms with E-state index in [1.165, 1.54) is 7.11 Å². The Morgan fingerprint density at radius 2 is 2.13 bits per heavy atom. The van der Waals surface area contributed by atoms with Gasteiger partial charge >= 0.3 is 5.97 Å². The van der Waals surface area contributed by atoms with E-state index in [-0.39, 0.29) is 24.9 Å². The molecular formula is C16H19ClF2N2O2. The molecule has 0 bridgehead atoms. The lowest BCUT2D eigenvalue weighted by Gasteiger charge is -2.24. The number of esters is 1. The van der Waals surface area contributed by atoms with Crippen molar-refractivity contribution in [2.24, 2.45) is 0 Å². The van der Waals surface area contributed by atoms with Crippen LogP contribution >= 0.6 is 11.6 Å². The molecule has 2 heterocycles. The number of hydrogen-bond acceptors (Lipinski definition) is 4. The average Bonchev–Trinajstić information content (AvgIpc) is 3.34. The first-order valence-corrected chi connectivity index (χ1v) is 8.20. The summed E-state index contributed by atoms with van der Waals surface area (Å²) in [5, 5.41) is 0.441. The highest BCUT2D eigenvalue weighted by Gasteiger charge is 2.35. The van der Waals surface area contributed by atoms with Crippen LogP contribution in [0.2, 0.25) is 5.02 Å². The third kappa shape index (κ3) is 3.57. The second-order valence-electron chi connectivity index (χ2n) is 6.19. The Morgan fingerprint density at radius 1 is 1.39 bits per heavy atom. The van der Waals surface area contributed by atoms with Crippen LogP contribution in [0.15, 0.2) is 6.07 Å². The fourth-order valence-corrected chi connectivity index (χ4v) is 3.22. The predicted octanol–water partition coefficient (Wildman–Crippen LogP) is 4.02. The molecule has 1 aromatic heterocycles. The van der Waals surface area contributed by atoms with Crippen molar-refractivity contribution < 1.29 is 18.3 Å². The molecule has 0 spiro atoms. The van der Waals surface area contributed by atoms with Crippen LogP contribution in [0.25, 0.3) is 0 Å². The van der Waals surface area contributed by atoms with Crippen LogP contribution < -0.4 is 4.90 Å². The SMILES string of the molecule is COC(=O)c1cc(Cl)c(C2CC2)nc1N1CCCC(F)(F)CC1. The Morgan fingerprint density at radius 3 is 2.78 bits per heavy atom. The number of rotatable bonds is 3. The molecule has 1 aliphatic heterocycles. The zero-order chi connectivity index (χ0) is 16.6. The number of nitrogens with zero attached hydrogens (tertiary/aromatic N) is 2. The molecule has 0 atom stereocenters. The second kappa shape index (κ2) is 6.23. The van der Waals surface area contributed by atoms with Gasteiger partial charge in [-0.3, -0.25) is 0 Å². The van der Waals surface area contributed by atoms with Gasteiger partial charge in [0.25, 0.3) is 0 Å². The van der Waals surface area contributed by atoms with E-state index in [1.54, 1.807) is 11.0 Å². The molecule has 0 aromatic carbocycles. The fourth-order valence-electron chi connectivity index (χ4n) is 2.91. The Labute approximate surface area is 138 Å². The third-order valence-corrected chi connectivity index (χ3v) is 4.67. The molecule has 0 radical (unpaired) electrons. The summed E-state index contributed by atoms with van der Waals surface area (Å²) in [6.07, 6.45) is 2.01. The maximum absolute atomic E-state index is 13.6. The molecule has 1 aliphatic carbocycles. The summed E-state index contributed by atoms with van der Waals surface area (Å²) in [6, 6.07) is 1.56. The highest BCUT2D eigenvalue weighted by molar-refractivity contribution is 6.31. The minimum absolute atomic E-state index is 0.139. The fraction of sp³-hybridized carbons (Fsp3) is 0.625. The zero-order valence-electron chi connectivity index (χ0n) is 12.9. The lowest BCUT2D eigenvalue weighted by atomic mass is 10.1. The first-order chi connectivity index (χ1) is 10.9. The summed E-state index contributed by atoms with van der Waals surface area (Å²) in [5.41, 5.74) is 0.998. The largest absolute Gasteiger partial charge is 0.465 e. The quantitative estimate of drug-likeness (QED) is 0.776. The van der Waals surface area contributed by atoms with E-state index in [9.17, 15) is 13.6 Å². The van der Waals surface area contributed by atoms with Crippen molar-refractivity contribution in [1.82, 2.24) is 4.98 Å². The maximum atomic E-state index is 13.6. The number of carbonyl (C=O) groups excluding carboxylic acids is 1. The second-order valence-corrected chi connectivity index (χ2v) is 6.60. The van der Waals surface area contributed by atoms with Crippen molar-refractivity contribution in [3.8, 4) is 0 Å². The number of hydrogen-bond donors (Lipinski definition) is 0. The molecule has 1 saturated carbocycles. The number of ether oxygens (including phenoxy) is 1. The molecule has 0 N–H and O–H groups in total. The van der Waals surface area contributed by atoms with Crippen LogP contribution in [-0.2, 0) is 4.74 Å². The van der Waals surface area contributed by atoms with Gasteiger partial charge in [-0.05, 0) is 25.3 Å². The zero-order valence-corrected chi connectivity index (χ0v) is 13.7. The van der Waals surface area contributed by atoms with E-state index >= 15 is 0 Å². The molecule has 126 valence electrons. The van der Waals surface area contributed by atoms with Crippen LogP contribution in [0.1, 0.15) is 54.1 Å².